The van der Waals surface area contributed by atoms with Crippen molar-refractivity contribution in [3.63, 3.8) is 0 Å². The molecule has 9 heteroatoms. The van der Waals surface area contributed by atoms with Crippen LogP contribution in [0.15, 0.2) is 36.5 Å². The highest BCUT2D eigenvalue weighted by molar-refractivity contribution is 6.30. The number of alkyl halides is 3. The standard InChI is InChI=1S/C24H29ClF3N3O2/c1-3-17-14-18(32-22-7-6-16(25)13-20(22)24(26,27)28)9-12-31(17)21-5-4-10-29-23(21)33-19-8-11-30(2)15-19/h4-7,10,13,17-19H,3,8-9,11-12,14-15H2,1-2H3/t17?,18?,19-/m1/s1. The van der Waals surface area contributed by atoms with E-state index in [4.69, 9.17) is 21.1 Å². The average molecular weight is 484 g/mol. The maximum absolute atomic E-state index is 13.5. The number of benzene rings is 1. The van der Waals surface area contributed by atoms with E-state index in [1.165, 1.54) is 12.1 Å². The number of likely N-dealkylation sites (tertiary alicyclic amines) is 1. The molecule has 0 spiro atoms. The van der Waals surface area contributed by atoms with Crippen LogP contribution in [0.4, 0.5) is 18.9 Å². The molecule has 0 saturated carbocycles. The van der Waals surface area contributed by atoms with Crippen LogP contribution in [-0.2, 0) is 6.18 Å². The molecule has 2 aliphatic heterocycles. The molecule has 3 heterocycles. The number of hydrogen-bond donors (Lipinski definition) is 0. The number of piperidine rings is 1. The second-order valence-corrected chi connectivity index (χ2v) is 9.21. The summed E-state index contributed by atoms with van der Waals surface area (Å²) in [6.07, 6.45) is -0.0220. The fraction of sp³-hybridized carbons (Fsp3) is 0.542. The normalized spacial score (nSPS) is 24.2. The molecule has 0 bridgehead atoms. The van der Waals surface area contributed by atoms with Crippen molar-refractivity contribution in [3.05, 3.63) is 47.1 Å². The first-order chi connectivity index (χ1) is 15.7. The monoisotopic (exact) mass is 483 g/mol. The van der Waals surface area contributed by atoms with Crippen LogP contribution >= 0.6 is 11.6 Å². The van der Waals surface area contributed by atoms with E-state index >= 15 is 0 Å². The van der Waals surface area contributed by atoms with E-state index in [0.29, 0.717) is 25.3 Å². The van der Waals surface area contributed by atoms with Crippen LogP contribution in [0.2, 0.25) is 5.02 Å². The van der Waals surface area contributed by atoms with Crippen molar-refractivity contribution in [2.75, 3.05) is 31.6 Å². The van der Waals surface area contributed by atoms with Crippen molar-refractivity contribution < 1.29 is 22.6 Å². The third kappa shape index (κ3) is 5.66. The Hall–Kier alpha value is -2.19. The Morgan fingerprint density at radius 3 is 2.61 bits per heavy atom. The molecule has 1 aromatic heterocycles. The Morgan fingerprint density at radius 2 is 1.91 bits per heavy atom. The maximum atomic E-state index is 13.5. The third-order valence-electron chi connectivity index (χ3n) is 6.37. The average Bonchev–Trinajstić information content (AvgIpc) is 3.19. The Balaban J connectivity index is 1.48. The van der Waals surface area contributed by atoms with Crippen LogP contribution in [0.5, 0.6) is 11.6 Å². The minimum absolute atomic E-state index is 0.0356. The summed E-state index contributed by atoms with van der Waals surface area (Å²) in [7, 11) is 2.07. The summed E-state index contributed by atoms with van der Waals surface area (Å²) < 4.78 is 52.5. The molecule has 180 valence electrons. The zero-order valence-electron chi connectivity index (χ0n) is 18.8. The van der Waals surface area contributed by atoms with Crippen molar-refractivity contribution in [3.8, 4) is 11.6 Å². The predicted octanol–water partition coefficient (Wildman–Crippen LogP) is 5.66. The van der Waals surface area contributed by atoms with Gasteiger partial charge in [-0.15, -0.1) is 0 Å². The summed E-state index contributed by atoms with van der Waals surface area (Å²) in [5.41, 5.74) is 0.0924. The number of anilines is 1. The number of rotatable bonds is 6. The highest BCUT2D eigenvalue weighted by Gasteiger charge is 2.37. The lowest BCUT2D eigenvalue weighted by Crippen LogP contribution is -2.46. The van der Waals surface area contributed by atoms with Crippen LogP contribution < -0.4 is 14.4 Å². The van der Waals surface area contributed by atoms with Gasteiger partial charge in [-0.1, -0.05) is 18.5 Å². The summed E-state index contributed by atoms with van der Waals surface area (Å²) in [6.45, 7) is 4.58. The van der Waals surface area contributed by atoms with E-state index < -0.39 is 11.7 Å². The van der Waals surface area contributed by atoms with Gasteiger partial charge in [0.1, 0.15) is 23.6 Å². The summed E-state index contributed by atoms with van der Waals surface area (Å²) in [5, 5.41) is 0.0356. The molecule has 2 aliphatic rings. The van der Waals surface area contributed by atoms with Crippen LogP contribution in [0, 0.1) is 0 Å². The van der Waals surface area contributed by atoms with Gasteiger partial charge in [0.25, 0.3) is 0 Å². The summed E-state index contributed by atoms with van der Waals surface area (Å²) in [6, 6.07) is 7.65. The quantitative estimate of drug-likeness (QED) is 0.529. The maximum Gasteiger partial charge on any atom is 0.420 e. The SMILES string of the molecule is CCC1CC(Oc2ccc(Cl)cc2C(F)(F)F)CCN1c1cccnc1O[C@@H]1CCN(C)C1. The molecule has 0 N–H and O–H groups in total. The zero-order valence-corrected chi connectivity index (χ0v) is 19.6. The van der Waals surface area contributed by atoms with Gasteiger partial charge < -0.3 is 19.3 Å². The second kappa shape index (κ2) is 9.97. The largest absolute Gasteiger partial charge is 0.490 e. The Kier molecular flexibility index (Phi) is 7.24. The zero-order chi connectivity index (χ0) is 23.6. The smallest absolute Gasteiger partial charge is 0.420 e. The lowest BCUT2D eigenvalue weighted by Gasteiger charge is -2.41. The van der Waals surface area contributed by atoms with E-state index in [1.807, 2.05) is 12.1 Å². The Morgan fingerprint density at radius 1 is 1.12 bits per heavy atom. The molecule has 4 rings (SSSR count). The van der Waals surface area contributed by atoms with Gasteiger partial charge >= 0.3 is 6.18 Å². The van der Waals surface area contributed by atoms with Gasteiger partial charge in [-0.05, 0) is 50.2 Å². The highest BCUT2D eigenvalue weighted by atomic mass is 35.5. The van der Waals surface area contributed by atoms with Gasteiger partial charge in [-0.3, -0.25) is 0 Å². The molecule has 2 fully saturated rings. The van der Waals surface area contributed by atoms with Crippen molar-refractivity contribution in [1.82, 2.24) is 9.88 Å². The van der Waals surface area contributed by atoms with E-state index in [1.54, 1.807) is 6.20 Å². The first kappa shape index (κ1) is 24.0. The number of pyridine rings is 1. The van der Waals surface area contributed by atoms with Gasteiger partial charge in [0.05, 0.1) is 5.56 Å². The molecule has 1 aromatic carbocycles. The summed E-state index contributed by atoms with van der Waals surface area (Å²) in [5.74, 6) is 0.448. The summed E-state index contributed by atoms with van der Waals surface area (Å²) in [4.78, 5) is 8.98. The molecule has 33 heavy (non-hydrogen) atoms. The second-order valence-electron chi connectivity index (χ2n) is 8.78. The predicted molar refractivity (Wildman–Crippen MR) is 122 cm³/mol. The first-order valence-electron chi connectivity index (χ1n) is 11.3. The molecular weight excluding hydrogens is 455 g/mol. The van der Waals surface area contributed by atoms with Gasteiger partial charge in [0.15, 0.2) is 0 Å². The number of hydrogen-bond acceptors (Lipinski definition) is 5. The van der Waals surface area contributed by atoms with Crippen molar-refractivity contribution in [2.45, 2.75) is 57.0 Å². The molecule has 0 radical (unpaired) electrons. The lowest BCUT2D eigenvalue weighted by atomic mass is 9.96. The number of aromatic nitrogens is 1. The molecular formula is C24H29ClF3N3O2. The van der Waals surface area contributed by atoms with E-state index in [0.717, 1.165) is 37.7 Å². The van der Waals surface area contributed by atoms with E-state index in [-0.39, 0.29) is 29.0 Å². The molecule has 0 aliphatic carbocycles. The third-order valence-corrected chi connectivity index (χ3v) is 6.60. The lowest BCUT2D eigenvalue weighted by molar-refractivity contribution is -0.139. The molecule has 2 saturated heterocycles. The highest BCUT2D eigenvalue weighted by Crippen LogP contribution is 2.40. The first-order valence-corrected chi connectivity index (χ1v) is 11.7. The molecule has 3 atom stereocenters. The van der Waals surface area contributed by atoms with Gasteiger partial charge in [-0.2, -0.15) is 13.2 Å². The Labute approximate surface area is 197 Å². The van der Waals surface area contributed by atoms with Crippen molar-refractivity contribution in [1.29, 1.82) is 0 Å². The minimum atomic E-state index is -4.53. The molecule has 2 unspecified atom stereocenters. The van der Waals surface area contributed by atoms with Gasteiger partial charge in [-0.25, -0.2) is 4.98 Å². The summed E-state index contributed by atoms with van der Waals surface area (Å²) >= 11 is 5.80. The fourth-order valence-corrected chi connectivity index (χ4v) is 4.84. The van der Waals surface area contributed by atoms with Crippen LogP contribution in [0.1, 0.15) is 38.2 Å². The fourth-order valence-electron chi connectivity index (χ4n) is 4.67. The van der Waals surface area contributed by atoms with Crippen molar-refractivity contribution >= 4 is 17.3 Å². The number of halogens is 4. The Bertz CT molecular complexity index is 959. The van der Waals surface area contributed by atoms with E-state index in [9.17, 15) is 13.2 Å². The van der Waals surface area contributed by atoms with Gasteiger partial charge in [0.2, 0.25) is 5.88 Å². The molecule has 5 nitrogen and oxygen atoms in total. The minimum Gasteiger partial charge on any atom is -0.490 e. The molecule has 0 amide bonds. The van der Waals surface area contributed by atoms with E-state index in [2.05, 4.69) is 28.8 Å². The van der Waals surface area contributed by atoms with Crippen LogP contribution in [0.25, 0.3) is 0 Å². The van der Waals surface area contributed by atoms with Crippen molar-refractivity contribution in [2.24, 2.45) is 0 Å². The van der Waals surface area contributed by atoms with Crippen LogP contribution in [0.3, 0.4) is 0 Å². The number of nitrogens with zero attached hydrogens (tertiary/aromatic N) is 3. The number of likely N-dealkylation sites (N-methyl/N-ethyl adjacent to an activating group) is 1. The van der Waals surface area contributed by atoms with Crippen LogP contribution in [-0.4, -0.2) is 54.8 Å². The molecule has 2 aromatic rings. The topological polar surface area (TPSA) is 37.8 Å². The van der Waals surface area contributed by atoms with Gasteiger partial charge in [0, 0.05) is 49.7 Å². The number of ether oxygens (including phenoxy) is 2.